The van der Waals surface area contributed by atoms with Gasteiger partial charge in [0.25, 0.3) is 0 Å². The van der Waals surface area contributed by atoms with Crippen molar-refractivity contribution >= 4 is 35.8 Å². The van der Waals surface area contributed by atoms with E-state index in [9.17, 15) is 0 Å². The molecule has 2 fully saturated rings. The van der Waals surface area contributed by atoms with Gasteiger partial charge in [-0.15, -0.1) is 24.0 Å². The number of aromatic nitrogens is 1. The minimum Gasteiger partial charge on any atom is -0.357 e. The van der Waals surface area contributed by atoms with E-state index < -0.39 is 0 Å². The van der Waals surface area contributed by atoms with Gasteiger partial charge in [0.1, 0.15) is 5.82 Å². The molecule has 0 unspecified atom stereocenters. The van der Waals surface area contributed by atoms with E-state index in [1.54, 1.807) is 0 Å². The van der Waals surface area contributed by atoms with Gasteiger partial charge in [0, 0.05) is 44.5 Å². The van der Waals surface area contributed by atoms with E-state index in [2.05, 4.69) is 58.4 Å². The predicted molar refractivity (Wildman–Crippen MR) is 134 cm³/mol. The number of guanidine groups is 1. The first-order valence-electron chi connectivity index (χ1n) is 11.1. The maximum Gasteiger partial charge on any atom is 0.191 e. The molecule has 1 aromatic heterocycles. The van der Waals surface area contributed by atoms with Crippen LogP contribution in [0, 0.1) is 6.92 Å². The summed E-state index contributed by atoms with van der Waals surface area (Å²) in [6, 6.07) is 5.53. The van der Waals surface area contributed by atoms with Gasteiger partial charge in [-0.3, -0.25) is 4.99 Å². The van der Waals surface area contributed by atoms with Crippen molar-refractivity contribution < 1.29 is 0 Å². The SMILES string of the molecule is CCNC(=NCCN(C)C1CCCC1)NC1CCN(c2ccc(C)cn2)CC1.I. The number of hydrogen-bond acceptors (Lipinski definition) is 4. The van der Waals surface area contributed by atoms with Crippen LogP contribution in [0.3, 0.4) is 0 Å². The Balaban J connectivity index is 0.00000300. The predicted octanol–water partition coefficient (Wildman–Crippen LogP) is 3.41. The molecule has 2 aliphatic rings. The molecule has 3 rings (SSSR count). The Morgan fingerprint density at radius 1 is 1.21 bits per heavy atom. The maximum atomic E-state index is 4.83. The summed E-state index contributed by atoms with van der Waals surface area (Å²) < 4.78 is 0. The van der Waals surface area contributed by atoms with Gasteiger partial charge in [0.05, 0.1) is 6.54 Å². The average Bonchev–Trinajstić information content (AvgIpc) is 3.24. The normalized spacial score (nSPS) is 18.8. The molecule has 1 saturated carbocycles. The van der Waals surface area contributed by atoms with Crippen LogP contribution in [0.2, 0.25) is 0 Å². The molecule has 1 aliphatic heterocycles. The molecule has 0 aromatic carbocycles. The maximum absolute atomic E-state index is 4.83. The van der Waals surface area contributed by atoms with Gasteiger partial charge in [-0.05, 0) is 58.2 Å². The van der Waals surface area contributed by atoms with Crippen LogP contribution in [0.5, 0.6) is 0 Å². The lowest BCUT2D eigenvalue weighted by molar-refractivity contribution is 0.252. The van der Waals surface area contributed by atoms with Crippen molar-refractivity contribution in [3.05, 3.63) is 23.9 Å². The molecule has 7 heteroatoms. The van der Waals surface area contributed by atoms with E-state index in [0.29, 0.717) is 6.04 Å². The molecular weight excluding hydrogens is 475 g/mol. The van der Waals surface area contributed by atoms with E-state index in [4.69, 9.17) is 4.99 Å². The van der Waals surface area contributed by atoms with Crippen LogP contribution in [0.1, 0.15) is 51.0 Å². The molecule has 1 aliphatic carbocycles. The van der Waals surface area contributed by atoms with Crippen molar-refractivity contribution in [1.82, 2.24) is 20.5 Å². The molecule has 0 spiro atoms. The second kappa shape index (κ2) is 12.6. The standard InChI is InChI=1S/C22H38N6.HI/c1-4-23-22(24-13-16-27(3)20-7-5-6-8-20)26-19-11-14-28(15-12-19)21-10-9-18(2)17-25-21;/h9-10,17,19-20H,4-8,11-16H2,1-3H3,(H2,23,24,26);1H. The molecule has 0 radical (unpaired) electrons. The third-order valence-electron chi connectivity index (χ3n) is 6.07. The van der Waals surface area contributed by atoms with Crippen LogP contribution >= 0.6 is 24.0 Å². The van der Waals surface area contributed by atoms with E-state index in [-0.39, 0.29) is 24.0 Å². The van der Waals surface area contributed by atoms with E-state index in [1.807, 2.05) is 6.20 Å². The monoisotopic (exact) mass is 514 g/mol. The number of hydrogen-bond donors (Lipinski definition) is 2. The highest BCUT2D eigenvalue weighted by atomic mass is 127. The highest BCUT2D eigenvalue weighted by molar-refractivity contribution is 14.0. The number of likely N-dealkylation sites (N-methyl/N-ethyl adjacent to an activating group) is 1. The molecule has 29 heavy (non-hydrogen) atoms. The first-order chi connectivity index (χ1) is 13.7. The number of piperidine rings is 1. The summed E-state index contributed by atoms with van der Waals surface area (Å²) in [5, 5.41) is 7.07. The Kier molecular flexibility index (Phi) is 10.5. The van der Waals surface area contributed by atoms with Crippen molar-refractivity contribution in [2.75, 3.05) is 44.7 Å². The molecule has 2 N–H and O–H groups in total. The molecule has 6 nitrogen and oxygen atoms in total. The summed E-state index contributed by atoms with van der Waals surface area (Å²) in [5.74, 6) is 2.06. The van der Waals surface area contributed by atoms with Crippen molar-refractivity contribution in [2.45, 2.75) is 64.5 Å². The van der Waals surface area contributed by atoms with Crippen LogP contribution in [-0.4, -0.2) is 67.7 Å². The van der Waals surface area contributed by atoms with Gasteiger partial charge in [-0.2, -0.15) is 0 Å². The summed E-state index contributed by atoms with van der Waals surface area (Å²) in [7, 11) is 2.25. The van der Waals surface area contributed by atoms with Crippen LogP contribution in [-0.2, 0) is 0 Å². The summed E-state index contributed by atoms with van der Waals surface area (Å²) in [5.41, 5.74) is 1.21. The van der Waals surface area contributed by atoms with Crippen LogP contribution in [0.4, 0.5) is 5.82 Å². The fourth-order valence-electron chi connectivity index (χ4n) is 4.26. The van der Waals surface area contributed by atoms with Crippen LogP contribution < -0.4 is 15.5 Å². The largest absolute Gasteiger partial charge is 0.357 e. The van der Waals surface area contributed by atoms with Crippen molar-refractivity contribution in [1.29, 1.82) is 0 Å². The Bertz CT molecular complexity index is 606. The third-order valence-corrected chi connectivity index (χ3v) is 6.07. The number of nitrogens with one attached hydrogen (secondary N) is 2. The van der Waals surface area contributed by atoms with Crippen LogP contribution in [0.25, 0.3) is 0 Å². The summed E-state index contributed by atoms with van der Waals surface area (Å²) in [6.45, 7) is 9.09. The number of pyridine rings is 1. The number of nitrogens with zero attached hydrogens (tertiary/aromatic N) is 4. The average molecular weight is 515 g/mol. The third kappa shape index (κ3) is 7.59. The van der Waals surface area contributed by atoms with Crippen molar-refractivity contribution in [3.63, 3.8) is 0 Å². The first-order valence-corrected chi connectivity index (χ1v) is 11.1. The molecule has 0 amide bonds. The summed E-state index contributed by atoms with van der Waals surface area (Å²) in [4.78, 5) is 14.3. The lowest BCUT2D eigenvalue weighted by atomic mass is 10.1. The highest BCUT2D eigenvalue weighted by Crippen LogP contribution is 2.22. The molecule has 1 saturated heterocycles. The summed E-state index contributed by atoms with van der Waals surface area (Å²) in [6.07, 6.45) is 9.67. The van der Waals surface area contributed by atoms with Gasteiger partial charge in [-0.25, -0.2) is 4.98 Å². The Labute approximate surface area is 194 Å². The Morgan fingerprint density at radius 2 is 1.93 bits per heavy atom. The second-order valence-corrected chi connectivity index (χ2v) is 8.28. The van der Waals surface area contributed by atoms with E-state index in [0.717, 1.165) is 63.4 Å². The van der Waals surface area contributed by atoms with Gasteiger partial charge < -0.3 is 20.4 Å². The Hall–Kier alpha value is -1.09. The van der Waals surface area contributed by atoms with Gasteiger partial charge in [-0.1, -0.05) is 18.9 Å². The van der Waals surface area contributed by atoms with Gasteiger partial charge in [0.15, 0.2) is 5.96 Å². The highest BCUT2D eigenvalue weighted by Gasteiger charge is 2.21. The number of halogens is 1. The molecule has 2 heterocycles. The molecule has 0 bridgehead atoms. The zero-order valence-corrected chi connectivity index (χ0v) is 20.7. The number of aliphatic imine (C=N–C) groups is 1. The molecular formula is C22H39IN6. The number of rotatable bonds is 7. The number of aryl methyl sites for hydroxylation is 1. The van der Waals surface area contributed by atoms with E-state index >= 15 is 0 Å². The lowest BCUT2D eigenvalue weighted by Gasteiger charge is -2.34. The number of anilines is 1. The van der Waals surface area contributed by atoms with E-state index in [1.165, 1.54) is 31.2 Å². The summed E-state index contributed by atoms with van der Waals surface area (Å²) >= 11 is 0. The lowest BCUT2D eigenvalue weighted by Crippen LogP contribution is -2.49. The van der Waals surface area contributed by atoms with Crippen LogP contribution in [0.15, 0.2) is 23.3 Å². The van der Waals surface area contributed by atoms with Crippen molar-refractivity contribution in [2.24, 2.45) is 4.99 Å². The van der Waals surface area contributed by atoms with Gasteiger partial charge >= 0.3 is 0 Å². The fraction of sp³-hybridized carbons (Fsp3) is 0.727. The second-order valence-electron chi connectivity index (χ2n) is 8.28. The van der Waals surface area contributed by atoms with Gasteiger partial charge in [0.2, 0.25) is 0 Å². The zero-order valence-electron chi connectivity index (χ0n) is 18.4. The zero-order chi connectivity index (χ0) is 19.8. The molecule has 1 aromatic rings. The first kappa shape index (κ1) is 24.2. The Morgan fingerprint density at radius 3 is 2.55 bits per heavy atom. The topological polar surface area (TPSA) is 55.8 Å². The quantitative estimate of drug-likeness (QED) is 0.332. The molecule has 164 valence electrons. The fourth-order valence-corrected chi connectivity index (χ4v) is 4.26. The molecule has 0 atom stereocenters. The minimum absolute atomic E-state index is 0. The minimum atomic E-state index is 0. The van der Waals surface area contributed by atoms with Crippen molar-refractivity contribution in [3.8, 4) is 0 Å². The smallest absolute Gasteiger partial charge is 0.191 e.